The summed E-state index contributed by atoms with van der Waals surface area (Å²) in [6.45, 7) is 1.29. The van der Waals surface area contributed by atoms with Crippen LogP contribution >= 0.6 is 0 Å². The van der Waals surface area contributed by atoms with Crippen LogP contribution in [0, 0.1) is 10.1 Å². The van der Waals surface area contributed by atoms with E-state index < -0.39 is 4.92 Å². The zero-order valence-electron chi connectivity index (χ0n) is 21.7. The van der Waals surface area contributed by atoms with Gasteiger partial charge in [-0.2, -0.15) is 0 Å². The van der Waals surface area contributed by atoms with Crippen molar-refractivity contribution in [2.24, 2.45) is 12.0 Å². The van der Waals surface area contributed by atoms with E-state index in [4.69, 9.17) is 4.99 Å². The standard InChI is InChI=1S/C30H26N6O4/c1-34-17-26(31-18-34)20-8-10-22(11-9-20)32-29(21-6-4-19(5-7-21)16-35-14-2-3-27(35)37)28-24-15-23(36(39)40)12-13-25(24)33-30(28)38/h4-13,15,17-18,33,38H,2-3,14,16H2,1H3. The fraction of sp³-hybridized carbons (Fsp3) is 0.167. The van der Waals surface area contributed by atoms with Gasteiger partial charge in [0.1, 0.15) is 0 Å². The molecule has 0 saturated carbocycles. The van der Waals surface area contributed by atoms with Crippen molar-refractivity contribution in [3.8, 4) is 17.1 Å². The van der Waals surface area contributed by atoms with Crippen molar-refractivity contribution in [2.45, 2.75) is 19.4 Å². The maximum Gasteiger partial charge on any atom is 0.270 e. The number of benzene rings is 3. The van der Waals surface area contributed by atoms with Gasteiger partial charge >= 0.3 is 0 Å². The summed E-state index contributed by atoms with van der Waals surface area (Å²) in [6.07, 6.45) is 5.12. The molecule has 6 rings (SSSR count). The molecular weight excluding hydrogens is 508 g/mol. The Bertz CT molecular complexity index is 1770. The predicted octanol–water partition coefficient (Wildman–Crippen LogP) is 5.47. The summed E-state index contributed by atoms with van der Waals surface area (Å²) in [5.74, 6) is 0.0249. The molecular formula is C30H26N6O4. The lowest BCUT2D eigenvalue weighted by Crippen LogP contribution is -2.23. The Hall–Kier alpha value is -5.25. The number of amides is 1. The van der Waals surface area contributed by atoms with Crippen molar-refractivity contribution in [1.29, 1.82) is 0 Å². The summed E-state index contributed by atoms with van der Waals surface area (Å²) in [5, 5.41) is 23.0. The summed E-state index contributed by atoms with van der Waals surface area (Å²) in [6, 6.07) is 19.7. The summed E-state index contributed by atoms with van der Waals surface area (Å²) >= 11 is 0. The predicted molar refractivity (Wildman–Crippen MR) is 152 cm³/mol. The molecule has 10 nitrogen and oxygen atoms in total. The van der Waals surface area contributed by atoms with Crippen LogP contribution in [-0.2, 0) is 18.4 Å². The van der Waals surface area contributed by atoms with Crippen LogP contribution in [0.5, 0.6) is 5.88 Å². The molecule has 0 aliphatic carbocycles. The fourth-order valence-corrected chi connectivity index (χ4v) is 5.04. The molecule has 1 amide bonds. The summed E-state index contributed by atoms with van der Waals surface area (Å²) in [7, 11) is 1.91. The Balaban J connectivity index is 1.44. The first-order valence-corrected chi connectivity index (χ1v) is 12.9. The monoisotopic (exact) mass is 534 g/mol. The van der Waals surface area contributed by atoms with Crippen LogP contribution in [0.25, 0.3) is 22.2 Å². The normalized spacial score (nSPS) is 13.9. The van der Waals surface area contributed by atoms with Gasteiger partial charge in [0.2, 0.25) is 5.91 Å². The average molecular weight is 535 g/mol. The average Bonchev–Trinajstić information content (AvgIpc) is 3.66. The first kappa shape index (κ1) is 25.1. The van der Waals surface area contributed by atoms with E-state index >= 15 is 0 Å². The van der Waals surface area contributed by atoms with Crippen molar-refractivity contribution >= 4 is 33.9 Å². The number of nitrogens with zero attached hydrogens (tertiary/aromatic N) is 5. The van der Waals surface area contributed by atoms with E-state index in [1.165, 1.54) is 12.1 Å². The van der Waals surface area contributed by atoms with Crippen molar-refractivity contribution in [1.82, 2.24) is 19.4 Å². The smallest absolute Gasteiger partial charge is 0.270 e. The number of hydrogen-bond donors (Lipinski definition) is 2. The van der Waals surface area contributed by atoms with Crippen LogP contribution in [0.1, 0.15) is 29.5 Å². The number of carbonyl (C=O) groups excluding carboxylic acids is 1. The van der Waals surface area contributed by atoms with Crippen molar-refractivity contribution in [3.05, 3.63) is 106 Å². The zero-order chi connectivity index (χ0) is 27.8. The molecule has 1 aliphatic rings. The van der Waals surface area contributed by atoms with Gasteiger partial charge in [-0.25, -0.2) is 9.98 Å². The second kappa shape index (κ2) is 10.1. The van der Waals surface area contributed by atoms with Crippen LogP contribution in [0.2, 0.25) is 0 Å². The molecule has 1 saturated heterocycles. The highest BCUT2D eigenvalue weighted by atomic mass is 16.6. The summed E-state index contributed by atoms with van der Waals surface area (Å²) < 4.78 is 1.88. The van der Waals surface area contributed by atoms with E-state index in [1.54, 1.807) is 12.4 Å². The van der Waals surface area contributed by atoms with Gasteiger partial charge in [0.25, 0.3) is 5.69 Å². The Morgan fingerprint density at radius 3 is 2.55 bits per heavy atom. The number of rotatable bonds is 7. The van der Waals surface area contributed by atoms with Crippen LogP contribution in [0.15, 0.2) is 84.2 Å². The number of aryl methyl sites for hydroxylation is 1. The zero-order valence-corrected chi connectivity index (χ0v) is 21.7. The summed E-state index contributed by atoms with van der Waals surface area (Å²) in [4.78, 5) is 37.2. The minimum Gasteiger partial charge on any atom is -0.494 e. The van der Waals surface area contributed by atoms with Gasteiger partial charge in [-0.05, 0) is 30.2 Å². The highest BCUT2D eigenvalue weighted by Gasteiger charge is 2.22. The van der Waals surface area contributed by atoms with Gasteiger partial charge < -0.3 is 19.6 Å². The molecule has 2 aromatic heterocycles. The molecule has 3 aromatic carbocycles. The molecule has 2 N–H and O–H groups in total. The van der Waals surface area contributed by atoms with Gasteiger partial charge in [-0.15, -0.1) is 0 Å². The highest BCUT2D eigenvalue weighted by Crippen LogP contribution is 2.34. The third-order valence-corrected chi connectivity index (χ3v) is 7.09. The Kier molecular flexibility index (Phi) is 6.35. The number of fused-ring (bicyclic) bond motifs is 1. The number of nitrogens with one attached hydrogen (secondary N) is 1. The van der Waals surface area contributed by atoms with E-state index in [0.29, 0.717) is 46.4 Å². The Labute approximate surface area is 229 Å². The highest BCUT2D eigenvalue weighted by molar-refractivity contribution is 6.22. The van der Waals surface area contributed by atoms with Crippen LogP contribution in [-0.4, -0.2) is 47.6 Å². The number of imidazole rings is 1. The maximum atomic E-state index is 12.1. The third-order valence-electron chi connectivity index (χ3n) is 7.09. The first-order valence-electron chi connectivity index (χ1n) is 12.9. The number of aromatic hydroxyl groups is 1. The lowest BCUT2D eigenvalue weighted by atomic mass is 9.99. The number of aliphatic imine (C=N–C) groups is 1. The molecule has 200 valence electrons. The topological polar surface area (TPSA) is 130 Å². The van der Waals surface area contributed by atoms with Gasteiger partial charge in [0.15, 0.2) is 5.88 Å². The van der Waals surface area contributed by atoms with E-state index in [0.717, 1.165) is 29.8 Å². The molecule has 0 radical (unpaired) electrons. The van der Waals surface area contributed by atoms with Crippen LogP contribution < -0.4 is 0 Å². The molecule has 0 atom stereocenters. The van der Waals surface area contributed by atoms with E-state index in [2.05, 4.69) is 9.97 Å². The van der Waals surface area contributed by atoms with Crippen molar-refractivity contribution < 1.29 is 14.8 Å². The van der Waals surface area contributed by atoms with Crippen LogP contribution in [0.4, 0.5) is 11.4 Å². The lowest BCUT2D eigenvalue weighted by Gasteiger charge is -2.16. The first-order chi connectivity index (χ1) is 19.4. The minimum atomic E-state index is -0.463. The minimum absolute atomic E-state index is 0.0857. The molecule has 1 fully saturated rings. The van der Waals surface area contributed by atoms with E-state index in [1.807, 2.05) is 71.2 Å². The molecule has 0 bridgehead atoms. The number of carbonyl (C=O) groups is 1. The summed E-state index contributed by atoms with van der Waals surface area (Å²) in [5.41, 5.74) is 5.41. The van der Waals surface area contributed by atoms with Gasteiger partial charge in [-0.1, -0.05) is 36.4 Å². The quantitative estimate of drug-likeness (QED) is 0.162. The molecule has 5 aromatic rings. The fourth-order valence-electron chi connectivity index (χ4n) is 5.04. The van der Waals surface area contributed by atoms with Gasteiger partial charge in [-0.3, -0.25) is 14.9 Å². The second-order valence-corrected chi connectivity index (χ2v) is 9.88. The number of aromatic amines is 1. The Morgan fingerprint density at radius 1 is 1.12 bits per heavy atom. The number of aromatic nitrogens is 3. The van der Waals surface area contributed by atoms with Crippen LogP contribution in [0.3, 0.4) is 0 Å². The molecule has 40 heavy (non-hydrogen) atoms. The Morgan fingerprint density at radius 2 is 1.90 bits per heavy atom. The van der Waals surface area contributed by atoms with Gasteiger partial charge in [0, 0.05) is 66.9 Å². The number of nitro groups is 1. The number of likely N-dealkylation sites (tertiary alicyclic amines) is 1. The van der Waals surface area contributed by atoms with E-state index in [-0.39, 0.29) is 17.5 Å². The molecule has 0 spiro atoms. The third kappa shape index (κ3) is 4.82. The second-order valence-electron chi connectivity index (χ2n) is 9.88. The largest absolute Gasteiger partial charge is 0.494 e. The molecule has 1 aliphatic heterocycles. The number of hydrogen-bond acceptors (Lipinski definition) is 6. The number of H-pyrrole nitrogens is 1. The number of non-ortho nitro benzene ring substituents is 1. The van der Waals surface area contributed by atoms with Crippen molar-refractivity contribution in [3.63, 3.8) is 0 Å². The molecule has 0 unspecified atom stereocenters. The SMILES string of the molecule is Cn1cnc(-c2ccc(N=C(c3ccc(CN4CCCC4=O)cc3)c3c(O)[nH]c4ccc([N+](=O)[O-])cc34)cc2)c1. The number of nitro benzene ring substituents is 1. The van der Waals surface area contributed by atoms with E-state index in [9.17, 15) is 20.0 Å². The van der Waals surface area contributed by atoms with Gasteiger partial charge in [0.05, 0.1) is 33.9 Å². The maximum absolute atomic E-state index is 12.1. The molecule has 3 heterocycles. The van der Waals surface area contributed by atoms with Crippen molar-refractivity contribution in [2.75, 3.05) is 6.54 Å². The molecule has 10 heteroatoms. The lowest BCUT2D eigenvalue weighted by molar-refractivity contribution is -0.384.